The SMILES string of the molecule is CCC(CSC)NC(=O)N[C@@H](C(=O)O)C(C)C. The summed E-state index contributed by atoms with van der Waals surface area (Å²) in [6.07, 6.45) is 2.80. The molecule has 0 aromatic carbocycles. The summed E-state index contributed by atoms with van der Waals surface area (Å²) in [4.78, 5) is 22.5. The van der Waals surface area contributed by atoms with Crippen molar-refractivity contribution in [3.8, 4) is 0 Å². The second-order valence-corrected chi connectivity index (χ2v) is 5.15. The fourth-order valence-corrected chi connectivity index (χ4v) is 2.07. The number of amides is 2. The number of thioether (sulfide) groups is 1. The van der Waals surface area contributed by atoms with E-state index in [-0.39, 0.29) is 12.0 Å². The lowest BCUT2D eigenvalue weighted by atomic mass is 10.1. The van der Waals surface area contributed by atoms with Crippen molar-refractivity contribution in [1.29, 1.82) is 0 Å². The summed E-state index contributed by atoms with van der Waals surface area (Å²) in [5.74, 6) is -0.324. The molecule has 0 saturated carbocycles. The average Bonchev–Trinajstić information content (AvgIpc) is 2.24. The second-order valence-electron chi connectivity index (χ2n) is 4.24. The molecule has 17 heavy (non-hydrogen) atoms. The van der Waals surface area contributed by atoms with Crippen LogP contribution >= 0.6 is 11.8 Å². The average molecular weight is 262 g/mol. The molecule has 0 aliphatic carbocycles. The number of urea groups is 1. The Morgan fingerprint density at radius 3 is 2.24 bits per heavy atom. The summed E-state index contributed by atoms with van der Waals surface area (Å²) in [7, 11) is 0. The molecule has 0 spiro atoms. The van der Waals surface area contributed by atoms with E-state index in [9.17, 15) is 9.59 Å². The molecule has 0 saturated heterocycles. The maximum Gasteiger partial charge on any atom is 0.326 e. The Hall–Kier alpha value is -0.910. The predicted octanol–water partition coefficient (Wildman–Crippen LogP) is 1.54. The highest BCUT2D eigenvalue weighted by Crippen LogP contribution is 2.03. The molecule has 0 aromatic heterocycles. The Kier molecular flexibility index (Phi) is 7.78. The Morgan fingerprint density at radius 1 is 1.29 bits per heavy atom. The van der Waals surface area contributed by atoms with Gasteiger partial charge in [0.1, 0.15) is 6.04 Å². The molecule has 0 aliphatic rings. The van der Waals surface area contributed by atoms with Gasteiger partial charge in [-0.25, -0.2) is 9.59 Å². The zero-order valence-corrected chi connectivity index (χ0v) is 11.6. The Balaban J connectivity index is 4.27. The van der Waals surface area contributed by atoms with E-state index in [1.807, 2.05) is 13.2 Å². The fraction of sp³-hybridized carbons (Fsp3) is 0.818. The molecular formula is C11H22N2O3S. The third-order valence-corrected chi connectivity index (χ3v) is 3.15. The Morgan fingerprint density at radius 2 is 1.88 bits per heavy atom. The summed E-state index contributed by atoms with van der Waals surface area (Å²) < 4.78 is 0. The lowest BCUT2D eigenvalue weighted by Gasteiger charge is -2.21. The minimum absolute atomic E-state index is 0.0756. The number of carbonyl (C=O) groups is 2. The molecule has 0 aliphatic heterocycles. The highest BCUT2D eigenvalue weighted by molar-refractivity contribution is 7.98. The quantitative estimate of drug-likeness (QED) is 0.650. The summed E-state index contributed by atoms with van der Waals surface area (Å²) in [5.41, 5.74) is 0. The maximum absolute atomic E-state index is 11.6. The van der Waals surface area contributed by atoms with Gasteiger partial charge in [-0.15, -0.1) is 0 Å². The molecule has 0 radical (unpaired) electrons. The maximum atomic E-state index is 11.6. The summed E-state index contributed by atoms with van der Waals surface area (Å²) in [5, 5.41) is 14.2. The van der Waals surface area contributed by atoms with Gasteiger partial charge in [-0.1, -0.05) is 20.8 Å². The summed E-state index contributed by atoms with van der Waals surface area (Å²) in [6.45, 7) is 5.51. The lowest BCUT2D eigenvalue weighted by molar-refractivity contribution is -0.140. The second kappa shape index (κ2) is 8.22. The first kappa shape index (κ1) is 16.1. The smallest absolute Gasteiger partial charge is 0.326 e. The zero-order chi connectivity index (χ0) is 13.4. The van der Waals surface area contributed by atoms with Crippen molar-refractivity contribution in [2.24, 2.45) is 5.92 Å². The van der Waals surface area contributed by atoms with Crippen molar-refractivity contribution < 1.29 is 14.7 Å². The third kappa shape index (κ3) is 6.41. The van der Waals surface area contributed by atoms with Crippen LogP contribution in [0.1, 0.15) is 27.2 Å². The van der Waals surface area contributed by atoms with Crippen LogP contribution in [0.5, 0.6) is 0 Å². The number of carboxylic acid groups (broad SMARTS) is 1. The number of carbonyl (C=O) groups excluding carboxylic acids is 1. The molecule has 0 heterocycles. The van der Waals surface area contributed by atoms with E-state index >= 15 is 0 Å². The van der Waals surface area contributed by atoms with Gasteiger partial charge in [-0.2, -0.15) is 11.8 Å². The van der Waals surface area contributed by atoms with Gasteiger partial charge in [0.05, 0.1) is 0 Å². The first-order chi connectivity index (χ1) is 7.92. The Labute approximate surface area is 107 Å². The minimum Gasteiger partial charge on any atom is -0.480 e. The lowest BCUT2D eigenvalue weighted by Crippen LogP contribution is -2.51. The molecule has 0 aromatic rings. The van der Waals surface area contributed by atoms with Crippen LogP contribution in [-0.2, 0) is 4.79 Å². The van der Waals surface area contributed by atoms with Crippen molar-refractivity contribution in [1.82, 2.24) is 10.6 Å². The van der Waals surface area contributed by atoms with Gasteiger partial charge < -0.3 is 15.7 Å². The minimum atomic E-state index is -1.01. The highest BCUT2D eigenvalue weighted by atomic mass is 32.2. The number of rotatable bonds is 7. The molecule has 1 unspecified atom stereocenters. The number of aliphatic carboxylic acids is 1. The molecule has 0 bridgehead atoms. The van der Waals surface area contributed by atoms with E-state index in [4.69, 9.17) is 5.11 Å². The fourth-order valence-electron chi connectivity index (χ4n) is 1.34. The molecule has 2 atom stereocenters. The van der Waals surface area contributed by atoms with Crippen LogP contribution in [0.4, 0.5) is 4.79 Å². The largest absolute Gasteiger partial charge is 0.480 e. The zero-order valence-electron chi connectivity index (χ0n) is 10.8. The van der Waals surface area contributed by atoms with Crippen molar-refractivity contribution in [3.63, 3.8) is 0 Å². The van der Waals surface area contributed by atoms with Gasteiger partial charge in [-0.05, 0) is 18.6 Å². The van der Waals surface area contributed by atoms with Gasteiger partial charge in [0.25, 0.3) is 0 Å². The van der Waals surface area contributed by atoms with E-state index < -0.39 is 18.0 Å². The molecule has 3 N–H and O–H groups in total. The number of carboxylic acids is 1. The van der Waals surface area contributed by atoms with Gasteiger partial charge in [0, 0.05) is 11.8 Å². The van der Waals surface area contributed by atoms with Crippen LogP contribution in [0.25, 0.3) is 0 Å². The van der Waals surface area contributed by atoms with Gasteiger partial charge in [-0.3, -0.25) is 0 Å². The number of nitrogens with one attached hydrogen (secondary N) is 2. The predicted molar refractivity (Wildman–Crippen MR) is 70.4 cm³/mol. The van der Waals surface area contributed by atoms with Crippen LogP contribution < -0.4 is 10.6 Å². The van der Waals surface area contributed by atoms with E-state index in [2.05, 4.69) is 10.6 Å². The van der Waals surface area contributed by atoms with Gasteiger partial charge in [0.2, 0.25) is 0 Å². The van der Waals surface area contributed by atoms with E-state index in [1.54, 1.807) is 25.6 Å². The van der Waals surface area contributed by atoms with Crippen molar-refractivity contribution in [2.45, 2.75) is 39.3 Å². The van der Waals surface area contributed by atoms with Crippen LogP contribution in [0.15, 0.2) is 0 Å². The number of hydrogen-bond donors (Lipinski definition) is 3. The Bertz CT molecular complexity index is 259. The molecule has 100 valence electrons. The molecule has 6 heteroatoms. The van der Waals surface area contributed by atoms with E-state index in [1.165, 1.54) is 0 Å². The topological polar surface area (TPSA) is 78.4 Å². The van der Waals surface area contributed by atoms with Crippen molar-refractivity contribution >= 4 is 23.8 Å². The van der Waals surface area contributed by atoms with E-state index in [0.717, 1.165) is 12.2 Å². The summed E-state index contributed by atoms with van der Waals surface area (Å²) in [6, 6.07) is -1.18. The van der Waals surface area contributed by atoms with Gasteiger partial charge >= 0.3 is 12.0 Å². The third-order valence-electron chi connectivity index (χ3n) is 2.42. The van der Waals surface area contributed by atoms with Crippen LogP contribution in [0.2, 0.25) is 0 Å². The molecular weight excluding hydrogens is 240 g/mol. The number of hydrogen-bond acceptors (Lipinski definition) is 3. The first-order valence-electron chi connectivity index (χ1n) is 5.71. The van der Waals surface area contributed by atoms with Crippen molar-refractivity contribution in [3.05, 3.63) is 0 Å². The molecule has 2 amide bonds. The normalized spacial score (nSPS) is 14.2. The van der Waals surface area contributed by atoms with Crippen LogP contribution in [0, 0.1) is 5.92 Å². The van der Waals surface area contributed by atoms with Crippen LogP contribution in [0.3, 0.4) is 0 Å². The van der Waals surface area contributed by atoms with Crippen LogP contribution in [-0.4, -0.2) is 41.2 Å². The van der Waals surface area contributed by atoms with Gasteiger partial charge in [0.15, 0.2) is 0 Å². The standard InChI is InChI=1S/C11H22N2O3S/c1-5-8(6-17-4)12-11(16)13-9(7(2)3)10(14)15/h7-9H,5-6H2,1-4H3,(H,14,15)(H2,12,13,16)/t8?,9-/m1/s1. The van der Waals surface area contributed by atoms with E-state index in [0.29, 0.717) is 0 Å². The van der Waals surface area contributed by atoms with Crippen molar-refractivity contribution in [2.75, 3.05) is 12.0 Å². The first-order valence-corrected chi connectivity index (χ1v) is 7.10. The molecule has 0 fully saturated rings. The molecule has 0 rings (SSSR count). The monoisotopic (exact) mass is 262 g/mol. The highest BCUT2D eigenvalue weighted by Gasteiger charge is 2.23. The summed E-state index contributed by atoms with van der Waals surface area (Å²) >= 11 is 1.65. The molecule has 5 nitrogen and oxygen atoms in total.